The second kappa shape index (κ2) is 11.3. The van der Waals surface area contributed by atoms with Gasteiger partial charge in [-0.15, -0.1) is 0 Å². The highest BCUT2D eigenvalue weighted by Crippen LogP contribution is 2.30. The SMILES string of the molecule is CC(C)(COC(O)c1ccccc1OC(=O)c1ccccc1O)C(O)C(=O)N=CCC(=O)O. The number of amides is 1. The Balaban J connectivity index is 2.07. The number of phenols is 1. The van der Waals surface area contributed by atoms with E-state index in [0.717, 1.165) is 6.21 Å². The second-order valence-electron chi connectivity index (χ2n) is 7.75. The van der Waals surface area contributed by atoms with Crippen molar-refractivity contribution in [1.29, 1.82) is 0 Å². The molecular weight excluding hydrogens is 434 g/mol. The maximum atomic E-state index is 12.4. The molecule has 2 aromatic carbocycles. The third kappa shape index (κ3) is 7.21. The molecule has 10 heteroatoms. The van der Waals surface area contributed by atoms with Crippen molar-refractivity contribution in [1.82, 2.24) is 0 Å². The van der Waals surface area contributed by atoms with Crippen LogP contribution in [-0.4, -0.2) is 57.2 Å². The van der Waals surface area contributed by atoms with Gasteiger partial charge in [-0.1, -0.05) is 44.2 Å². The summed E-state index contributed by atoms with van der Waals surface area (Å²) in [6.45, 7) is 2.70. The molecule has 0 heterocycles. The van der Waals surface area contributed by atoms with E-state index >= 15 is 0 Å². The largest absolute Gasteiger partial charge is 0.507 e. The van der Waals surface area contributed by atoms with Gasteiger partial charge in [0.1, 0.15) is 23.2 Å². The van der Waals surface area contributed by atoms with Gasteiger partial charge in [0.25, 0.3) is 5.91 Å². The monoisotopic (exact) mass is 459 g/mol. The van der Waals surface area contributed by atoms with Gasteiger partial charge in [0, 0.05) is 11.6 Å². The van der Waals surface area contributed by atoms with E-state index in [1.165, 1.54) is 38.1 Å². The lowest BCUT2D eigenvalue weighted by molar-refractivity contribution is -0.153. The Bertz CT molecular complexity index is 1030. The fourth-order valence-electron chi connectivity index (χ4n) is 2.66. The molecule has 0 radical (unpaired) electrons. The van der Waals surface area contributed by atoms with Gasteiger partial charge in [0.2, 0.25) is 0 Å². The fraction of sp³-hybridized carbons (Fsp3) is 0.304. The average Bonchev–Trinajstić information content (AvgIpc) is 2.77. The highest BCUT2D eigenvalue weighted by atomic mass is 16.6. The van der Waals surface area contributed by atoms with Crippen LogP contribution in [0.2, 0.25) is 0 Å². The normalized spacial score (nSPS) is 13.5. The van der Waals surface area contributed by atoms with Crippen LogP contribution in [0.25, 0.3) is 0 Å². The molecule has 4 N–H and O–H groups in total. The number of carbonyl (C=O) groups excluding carboxylic acids is 2. The standard InChI is InChI=1S/C23H25NO9/c1-23(2,19(28)20(29)24-12-11-18(26)27)13-32-21(30)15-8-4-6-10-17(15)33-22(31)14-7-3-5-9-16(14)25/h3-10,12,19,21,25,28,30H,11,13H2,1-2H3,(H,26,27). The Morgan fingerprint density at radius 2 is 1.70 bits per heavy atom. The Morgan fingerprint density at radius 1 is 1.06 bits per heavy atom. The number of nitrogens with zero attached hydrogens (tertiary/aromatic N) is 1. The molecule has 10 nitrogen and oxygen atoms in total. The van der Waals surface area contributed by atoms with Crippen LogP contribution in [0.4, 0.5) is 0 Å². The van der Waals surface area contributed by atoms with Crippen molar-refractivity contribution in [2.24, 2.45) is 10.4 Å². The number of carboxylic acids is 1. The van der Waals surface area contributed by atoms with Crippen LogP contribution in [0.5, 0.6) is 11.5 Å². The molecule has 0 bridgehead atoms. The summed E-state index contributed by atoms with van der Waals surface area (Å²) in [5.41, 5.74) is -1.15. The maximum absolute atomic E-state index is 12.4. The molecule has 33 heavy (non-hydrogen) atoms. The van der Waals surface area contributed by atoms with Crippen LogP contribution in [0.1, 0.15) is 42.5 Å². The third-order valence-electron chi connectivity index (χ3n) is 4.58. The van der Waals surface area contributed by atoms with Gasteiger partial charge < -0.3 is 29.9 Å². The summed E-state index contributed by atoms with van der Waals surface area (Å²) in [6, 6.07) is 11.9. The maximum Gasteiger partial charge on any atom is 0.347 e. The van der Waals surface area contributed by atoms with Crippen LogP contribution in [-0.2, 0) is 14.3 Å². The van der Waals surface area contributed by atoms with E-state index in [2.05, 4.69) is 4.99 Å². The van der Waals surface area contributed by atoms with E-state index in [4.69, 9.17) is 14.6 Å². The molecule has 2 atom stereocenters. The van der Waals surface area contributed by atoms with E-state index in [-0.39, 0.29) is 29.2 Å². The number of hydrogen-bond acceptors (Lipinski definition) is 8. The molecule has 2 unspecified atom stereocenters. The van der Waals surface area contributed by atoms with Crippen molar-refractivity contribution in [2.45, 2.75) is 32.7 Å². The molecule has 2 rings (SSSR count). The van der Waals surface area contributed by atoms with Crippen molar-refractivity contribution in [2.75, 3.05) is 6.61 Å². The number of aromatic hydroxyl groups is 1. The molecule has 1 amide bonds. The minimum Gasteiger partial charge on any atom is -0.507 e. The number of carboxylic acid groups (broad SMARTS) is 1. The number of benzene rings is 2. The fourth-order valence-corrected chi connectivity index (χ4v) is 2.66. The molecule has 0 saturated carbocycles. The van der Waals surface area contributed by atoms with Gasteiger partial charge in [0.05, 0.1) is 18.6 Å². The predicted molar refractivity (Wildman–Crippen MR) is 116 cm³/mol. The lowest BCUT2D eigenvalue weighted by Crippen LogP contribution is -2.39. The van der Waals surface area contributed by atoms with E-state index in [9.17, 15) is 29.7 Å². The number of phenolic OH excluding ortho intramolecular Hbond substituents is 1. The number of hydrogen-bond donors (Lipinski definition) is 4. The molecule has 0 aliphatic rings. The first-order valence-electron chi connectivity index (χ1n) is 9.88. The quantitative estimate of drug-likeness (QED) is 0.180. The summed E-state index contributed by atoms with van der Waals surface area (Å²) < 4.78 is 10.7. The zero-order chi connectivity index (χ0) is 24.6. The molecule has 176 valence electrons. The summed E-state index contributed by atoms with van der Waals surface area (Å²) in [7, 11) is 0. The number of carbonyl (C=O) groups is 3. The smallest absolute Gasteiger partial charge is 0.347 e. The molecule has 0 aliphatic carbocycles. The first kappa shape index (κ1) is 25.7. The third-order valence-corrected chi connectivity index (χ3v) is 4.58. The van der Waals surface area contributed by atoms with E-state index < -0.39 is 42.1 Å². The number of para-hydroxylation sites is 2. The van der Waals surface area contributed by atoms with Gasteiger partial charge in [-0.25, -0.2) is 9.79 Å². The number of rotatable bonds is 10. The minimum atomic E-state index is -1.62. The number of aliphatic hydroxyl groups excluding tert-OH is 2. The Morgan fingerprint density at radius 3 is 2.36 bits per heavy atom. The van der Waals surface area contributed by atoms with E-state index in [1.54, 1.807) is 24.3 Å². The summed E-state index contributed by atoms with van der Waals surface area (Å²) in [5.74, 6) is -3.23. The van der Waals surface area contributed by atoms with Crippen molar-refractivity contribution >= 4 is 24.1 Å². The minimum absolute atomic E-state index is 0.00838. The van der Waals surface area contributed by atoms with Gasteiger partial charge in [-0.2, -0.15) is 0 Å². The zero-order valence-corrected chi connectivity index (χ0v) is 18.0. The Kier molecular flexibility index (Phi) is 8.80. The lowest BCUT2D eigenvalue weighted by Gasteiger charge is -2.29. The van der Waals surface area contributed by atoms with Crippen molar-refractivity contribution in [3.8, 4) is 11.5 Å². The predicted octanol–water partition coefficient (Wildman–Crippen LogP) is 2.08. The summed E-state index contributed by atoms with van der Waals surface area (Å²) in [6.07, 6.45) is -2.78. The van der Waals surface area contributed by atoms with E-state index in [1.807, 2.05) is 0 Å². The number of aliphatic carboxylic acids is 1. The lowest BCUT2D eigenvalue weighted by atomic mass is 9.87. The highest BCUT2D eigenvalue weighted by molar-refractivity contribution is 5.94. The number of aliphatic imine (C=N–C) groups is 1. The molecule has 0 aliphatic heterocycles. The van der Waals surface area contributed by atoms with Crippen molar-refractivity contribution < 1.29 is 44.3 Å². The highest BCUT2D eigenvalue weighted by Gasteiger charge is 2.35. The van der Waals surface area contributed by atoms with Crippen molar-refractivity contribution in [3.05, 3.63) is 59.7 Å². The zero-order valence-electron chi connectivity index (χ0n) is 18.0. The van der Waals surface area contributed by atoms with Gasteiger partial charge >= 0.3 is 11.9 Å². The van der Waals surface area contributed by atoms with Gasteiger partial charge in [-0.3, -0.25) is 9.59 Å². The number of esters is 1. The van der Waals surface area contributed by atoms with Gasteiger partial charge in [0.15, 0.2) is 6.29 Å². The Labute approximate surface area is 189 Å². The van der Waals surface area contributed by atoms with Crippen LogP contribution in [0, 0.1) is 5.41 Å². The second-order valence-corrected chi connectivity index (χ2v) is 7.75. The summed E-state index contributed by atoms with van der Waals surface area (Å²) >= 11 is 0. The molecule has 0 spiro atoms. The molecule has 0 fully saturated rings. The van der Waals surface area contributed by atoms with Crippen LogP contribution >= 0.6 is 0 Å². The van der Waals surface area contributed by atoms with Gasteiger partial charge in [-0.05, 0) is 18.2 Å². The summed E-state index contributed by atoms with van der Waals surface area (Å²) in [5, 5.41) is 39.2. The van der Waals surface area contributed by atoms with Crippen molar-refractivity contribution in [3.63, 3.8) is 0 Å². The first-order valence-corrected chi connectivity index (χ1v) is 9.88. The van der Waals surface area contributed by atoms with Crippen LogP contribution in [0.15, 0.2) is 53.5 Å². The van der Waals surface area contributed by atoms with Crippen LogP contribution in [0.3, 0.4) is 0 Å². The van der Waals surface area contributed by atoms with Crippen LogP contribution < -0.4 is 4.74 Å². The number of ether oxygens (including phenoxy) is 2. The summed E-state index contributed by atoms with van der Waals surface area (Å²) in [4.78, 5) is 38.3. The average molecular weight is 459 g/mol. The molecular formula is C23H25NO9. The topological polar surface area (TPSA) is 163 Å². The molecule has 0 saturated heterocycles. The first-order chi connectivity index (χ1) is 15.5. The molecule has 2 aromatic rings. The molecule has 0 aromatic heterocycles. The number of aliphatic hydroxyl groups is 2. The Hall–Kier alpha value is -3.60. The van der Waals surface area contributed by atoms with E-state index in [0.29, 0.717) is 0 Å².